The molecule has 1 aromatic rings. The average Bonchev–Trinajstić information content (AvgIpc) is 3.25. The van der Waals surface area contributed by atoms with Gasteiger partial charge in [-0.05, 0) is 6.07 Å². The van der Waals surface area contributed by atoms with Crippen molar-refractivity contribution in [2.45, 2.75) is 11.7 Å². The van der Waals surface area contributed by atoms with E-state index in [0.29, 0.717) is 0 Å². The Hall–Kier alpha value is -2.78. The van der Waals surface area contributed by atoms with Gasteiger partial charge in [0.2, 0.25) is 11.8 Å². The second-order valence-electron chi connectivity index (χ2n) is 6.18. The normalized spacial score (nSPS) is 32.4. The number of nitro benzene ring substituents is 1. The van der Waals surface area contributed by atoms with Gasteiger partial charge in [0.05, 0.1) is 48.3 Å². The van der Waals surface area contributed by atoms with Crippen LogP contribution in [0.5, 0.6) is 5.75 Å². The fourth-order valence-electron chi connectivity index (χ4n) is 3.89. The van der Waals surface area contributed by atoms with E-state index in [0.717, 1.165) is 11.0 Å². The van der Waals surface area contributed by atoms with Crippen molar-refractivity contribution in [2.75, 3.05) is 18.6 Å². The lowest BCUT2D eigenvalue weighted by Gasteiger charge is -2.26. The zero-order valence-corrected chi connectivity index (χ0v) is 13.1. The molecule has 9 heteroatoms. The minimum atomic E-state index is -1.19. The van der Waals surface area contributed by atoms with Crippen LogP contribution in [0.15, 0.2) is 30.4 Å². The van der Waals surface area contributed by atoms with Crippen molar-refractivity contribution in [3.63, 3.8) is 0 Å². The summed E-state index contributed by atoms with van der Waals surface area (Å²) in [7, 11) is 1.30. The van der Waals surface area contributed by atoms with Crippen molar-refractivity contribution in [3.05, 3.63) is 40.5 Å². The van der Waals surface area contributed by atoms with Crippen LogP contribution in [0.2, 0.25) is 0 Å². The number of benzene rings is 1. The lowest BCUT2D eigenvalue weighted by atomic mass is 9.77. The van der Waals surface area contributed by atoms with Crippen molar-refractivity contribution in [2.24, 2.45) is 11.8 Å². The van der Waals surface area contributed by atoms with Crippen LogP contribution < -0.4 is 9.64 Å². The van der Waals surface area contributed by atoms with Crippen LogP contribution in [0.4, 0.5) is 11.4 Å². The number of carbonyl (C=O) groups is 2. The molecule has 25 heavy (non-hydrogen) atoms. The molecule has 0 aromatic heterocycles. The molecule has 3 aliphatic heterocycles. The number of carbonyl (C=O) groups excluding carboxylic acids is 2. The lowest BCUT2D eigenvalue weighted by molar-refractivity contribution is -0.384. The van der Waals surface area contributed by atoms with Crippen molar-refractivity contribution in [1.82, 2.24) is 0 Å². The van der Waals surface area contributed by atoms with E-state index >= 15 is 0 Å². The number of fused-ring (bicyclic) bond motifs is 5. The molecule has 2 bridgehead atoms. The van der Waals surface area contributed by atoms with E-state index in [9.17, 15) is 24.8 Å². The number of rotatable bonds is 4. The Bertz CT molecular complexity index is 836. The quantitative estimate of drug-likeness (QED) is 0.363. The molecular weight excluding hydrogens is 332 g/mol. The van der Waals surface area contributed by atoms with Crippen LogP contribution in [0.3, 0.4) is 0 Å². The number of aliphatic hydroxyl groups excluding tert-OH is 1. The number of nitro groups is 1. The van der Waals surface area contributed by atoms with E-state index < -0.39 is 46.9 Å². The topological polar surface area (TPSA) is 119 Å². The van der Waals surface area contributed by atoms with E-state index in [4.69, 9.17) is 9.47 Å². The SMILES string of the molecule is COc1cc([N+](=O)[O-])ccc1N1C(=O)[C@@H]2[C@@H](C1=O)[C@@]1(CO)C=C[C@H]2O1. The number of hydrogen-bond acceptors (Lipinski definition) is 7. The summed E-state index contributed by atoms with van der Waals surface area (Å²) < 4.78 is 10.8. The minimum Gasteiger partial charge on any atom is -0.494 e. The van der Waals surface area contributed by atoms with Gasteiger partial charge in [0, 0.05) is 6.07 Å². The van der Waals surface area contributed by atoms with E-state index in [-0.39, 0.29) is 17.1 Å². The first-order valence-electron chi connectivity index (χ1n) is 7.62. The van der Waals surface area contributed by atoms with Crippen molar-refractivity contribution in [1.29, 1.82) is 0 Å². The van der Waals surface area contributed by atoms with Crippen LogP contribution in [0.1, 0.15) is 0 Å². The Morgan fingerprint density at radius 3 is 2.80 bits per heavy atom. The van der Waals surface area contributed by atoms with Crippen LogP contribution in [0, 0.1) is 22.0 Å². The summed E-state index contributed by atoms with van der Waals surface area (Å²) in [6.45, 7) is -0.411. The molecule has 0 radical (unpaired) electrons. The zero-order chi connectivity index (χ0) is 17.9. The standard InChI is InChI=1S/C16H14N2O7/c1-24-11-6-8(18(22)23)2-3-9(11)17-14(20)12-10-4-5-16(7-19,25-10)13(12)15(17)21/h2-6,10,12-13,19H,7H2,1H3/t10-,12+,13+,16+/m1/s1. The number of anilines is 1. The molecule has 9 nitrogen and oxygen atoms in total. The highest BCUT2D eigenvalue weighted by Gasteiger charge is 2.67. The van der Waals surface area contributed by atoms with Gasteiger partial charge in [0.1, 0.15) is 11.4 Å². The molecule has 4 rings (SSSR count). The molecule has 130 valence electrons. The van der Waals surface area contributed by atoms with Gasteiger partial charge in [-0.25, -0.2) is 4.90 Å². The summed E-state index contributed by atoms with van der Waals surface area (Å²) in [5, 5.41) is 20.6. The van der Waals surface area contributed by atoms with E-state index in [1.807, 2.05) is 0 Å². The molecule has 0 saturated carbocycles. The number of methoxy groups -OCH3 is 1. The fourth-order valence-corrected chi connectivity index (χ4v) is 3.89. The first-order chi connectivity index (χ1) is 11.9. The zero-order valence-electron chi connectivity index (χ0n) is 13.1. The van der Waals surface area contributed by atoms with Crippen molar-refractivity contribution < 1.29 is 29.1 Å². The van der Waals surface area contributed by atoms with Gasteiger partial charge in [-0.15, -0.1) is 0 Å². The predicted molar refractivity (Wildman–Crippen MR) is 83.0 cm³/mol. The molecule has 2 amide bonds. The summed E-state index contributed by atoms with van der Waals surface area (Å²) >= 11 is 0. The molecule has 0 unspecified atom stereocenters. The monoisotopic (exact) mass is 346 g/mol. The van der Waals surface area contributed by atoms with Gasteiger partial charge in [-0.3, -0.25) is 19.7 Å². The molecule has 2 fully saturated rings. The second kappa shape index (κ2) is 5.11. The Balaban J connectivity index is 1.78. The van der Waals surface area contributed by atoms with Crippen molar-refractivity contribution in [3.8, 4) is 5.75 Å². The molecule has 1 aromatic carbocycles. The highest BCUT2D eigenvalue weighted by molar-refractivity contribution is 6.24. The van der Waals surface area contributed by atoms with Gasteiger partial charge >= 0.3 is 0 Å². The number of non-ortho nitro benzene ring substituents is 1. The van der Waals surface area contributed by atoms with Crippen LogP contribution in [0.25, 0.3) is 0 Å². The molecule has 3 aliphatic rings. The van der Waals surface area contributed by atoms with Gasteiger partial charge < -0.3 is 14.6 Å². The third kappa shape index (κ3) is 1.90. The molecule has 3 heterocycles. The van der Waals surface area contributed by atoms with Crippen LogP contribution >= 0.6 is 0 Å². The molecule has 2 saturated heterocycles. The lowest BCUT2D eigenvalue weighted by Crippen LogP contribution is -2.43. The maximum absolute atomic E-state index is 12.9. The highest BCUT2D eigenvalue weighted by Crippen LogP contribution is 2.53. The van der Waals surface area contributed by atoms with Crippen molar-refractivity contribution >= 4 is 23.2 Å². The van der Waals surface area contributed by atoms with Gasteiger partial charge in [-0.2, -0.15) is 0 Å². The molecule has 1 N–H and O–H groups in total. The van der Waals surface area contributed by atoms with E-state index in [1.165, 1.54) is 19.2 Å². The number of hydrogen-bond donors (Lipinski definition) is 1. The fraction of sp³-hybridized carbons (Fsp3) is 0.375. The Kier molecular flexibility index (Phi) is 3.21. The Morgan fingerprint density at radius 1 is 1.40 bits per heavy atom. The molecular formula is C16H14N2O7. The summed E-state index contributed by atoms with van der Waals surface area (Å²) in [4.78, 5) is 37.1. The van der Waals surface area contributed by atoms with Gasteiger partial charge in [-0.1, -0.05) is 12.2 Å². The molecule has 0 spiro atoms. The first-order valence-corrected chi connectivity index (χ1v) is 7.62. The minimum absolute atomic E-state index is 0.0511. The largest absolute Gasteiger partial charge is 0.494 e. The summed E-state index contributed by atoms with van der Waals surface area (Å²) in [5.41, 5.74) is -1.26. The van der Waals surface area contributed by atoms with Crippen LogP contribution in [-0.4, -0.2) is 47.3 Å². The number of nitrogens with zero attached hydrogens (tertiary/aromatic N) is 2. The van der Waals surface area contributed by atoms with Crippen LogP contribution in [-0.2, 0) is 14.3 Å². The first kappa shape index (κ1) is 15.7. The van der Waals surface area contributed by atoms with E-state index in [2.05, 4.69) is 0 Å². The maximum Gasteiger partial charge on any atom is 0.273 e. The predicted octanol–water partition coefficient (Wildman–Crippen LogP) is 0.409. The number of aliphatic hydroxyl groups is 1. The highest BCUT2D eigenvalue weighted by atomic mass is 16.6. The second-order valence-corrected chi connectivity index (χ2v) is 6.18. The third-order valence-electron chi connectivity index (χ3n) is 5.02. The summed E-state index contributed by atoms with van der Waals surface area (Å²) in [6, 6.07) is 3.68. The van der Waals surface area contributed by atoms with Gasteiger partial charge in [0.15, 0.2) is 0 Å². The Labute approximate surface area is 141 Å². The molecule has 0 aliphatic carbocycles. The van der Waals surface area contributed by atoms with E-state index in [1.54, 1.807) is 12.2 Å². The average molecular weight is 346 g/mol. The third-order valence-corrected chi connectivity index (χ3v) is 5.02. The maximum atomic E-state index is 12.9. The molecule has 4 atom stereocenters. The summed E-state index contributed by atoms with van der Waals surface area (Å²) in [5.74, 6) is -2.46. The smallest absolute Gasteiger partial charge is 0.273 e. The summed E-state index contributed by atoms with van der Waals surface area (Å²) in [6.07, 6.45) is 2.74. The van der Waals surface area contributed by atoms with Gasteiger partial charge in [0.25, 0.3) is 5.69 Å². The Morgan fingerprint density at radius 2 is 2.16 bits per heavy atom. The number of amides is 2. The number of ether oxygens (including phenoxy) is 2. The number of imide groups is 1.